The number of carbonyl (C=O) groups is 2. The third kappa shape index (κ3) is 2.25. The maximum Gasteiger partial charge on any atom is 0.228 e. The quantitative estimate of drug-likeness (QED) is 0.606. The lowest BCUT2D eigenvalue weighted by atomic mass is 10.1. The first-order chi connectivity index (χ1) is 8.52. The number of ketones is 1. The number of anilines is 1. The SMILES string of the molecule is C#CC1CC(=O)N(c2cc(C(C)=O)ccc2Cl)C1. The van der Waals surface area contributed by atoms with Crippen LogP contribution in [0.25, 0.3) is 0 Å². The van der Waals surface area contributed by atoms with Crippen LogP contribution in [0.15, 0.2) is 18.2 Å². The Hall–Kier alpha value is -1.79. The first kappa shape index (κ1) is 12.7. The molecule has 2 rings (SSSR count). The number of halogens is 1. The van der Waals surface area contributed by atoms with E-state index in [0.29, 0.717) is 29.2 Å². The highest BCUT2D eigenvalue weighted by Gasteiger charge is 2.30. The molecule has 0 saturated carbocycles. The van der Waals surface area contributed by atoms with Gasteiger partial charge in [-0.15, -0.1) is 12.3 Å². The maximum absolute atomic E-state index is 11.9. The van der Waals surface area contributed by atoms with Crippen molar-refractivity contribution in [3.8, 4) is 12.3 Å². The molecule has 1 aromatic rings. The summed E-state index contributed by atoms with van der Waals surface area (Å²) in [5.41, 5.74) is 1.10. The van der Waals surface area contributed by atoms with Gasteiger partial charge >= 0.3 is 0 Å². The molecule has 18 heavy (non-hydrogen) atoms. The summed E-state index contributed by atoms with van der Waals surface area (Å²) < 4.78 is 0. The van der Waals surface area contributed by atoms with Crippen LogP contribution in [-0.4, -0.2) is 18.2 Å². The van der Waals surface area contributed by atoms with Crippen LogP contribution in [0.4, 0.5) is 5.69 Å². The molecule has 0 N–H and O–H groups in total. The Bertz CT molecular complexity index is 559. The predicted molar refractivity (Wildman–Crippen MR) is 70.7 cm³/mol. The highest BCUT2D eigenvalue weighted by molar-refractivity contribution is 6.34. The van der Waals surface area contributed by atoms with E-state index in [9.17, 15) is 9.59 Å². The van der Waals surface area contributed by atoms with Crippen molar-refractivity contribution in [1.82, 2.24) is 0 Å². The average Bonchev–Trinajstić information content (AvgIpc) is 2.71. The van der Waals surface area contributed by atoms with Gasteiger partial charge in [0, 0.05) is 24.4 Å². The van der Waals surface area contributed by atoms with Crippen LogP contribution in [0.2, 0.25) is 5.02 Å². The summed E-state index contributed by atoms with van der Waals surface area (Å²) in [6.07, 6.45) is 5.67. The number of amides is 1. The van der Waals surface area contributed by atoms with Gasteiger partial charge in [-0.2, -0.15) is 0 Å². The molecule has 0 aromatic heterocycles. The van der Waals surface area contributed by atoms with E-state index in [-0.39, 0.29) is 17.6 Å². The molecule has 1 atom stereocenters. The van der Waals surface area contributed by atoms with Crippen molar-refractivity contribution in [2.75, 3.05) is 11.4 Å². The van der Waals surface area contributed by atoms with Crippen LogP contribution in [0.5, 0.6) is 0 Å². The van der Waals surface area contributed by atoms with Gasteiger partial charge in [-0.1, -0.05) is 11.6 Å². The summed E-state index contributed by atoms with van der Waals surface area (Å²) in [6, 6.07) is 4.92. The van der Waals surface area contributed by atoms with Gasteiger partial charge in [0.1, 0.15) is 0 Å². The summed E-state index contributed by atoms with van der Waals surface area (Å²) in [6.45, 7) is 1.93. The number of Topliss-reactive ketones (excluding diaryl/α,β-unsaturated/α-hetero) is 1. The molecule has 1 unspecified atom stereocenters. The fourth-order valence-corrected chi connectivity index (χ4v) is 2.21. The highest BCUT2D eigenvalue weighted by atomic mass is 35.5. The first-order valence-corrected chi connectivity index (χ1v) is 5.97. The monoisotopic (exact) mass is 261 g/mol. The number of hydrogen-bond acceptors (Lipinski definition) is 2. The van der Waals surface area contributed by atoms with Crippen molar-refractivity contribution in [2.45, 2.75) is 13.3 Å². The van der Waals surface area contributed by atoms with Crippen LogP contribution >= 0.6 is 11.6 Å². The van der Waals surface area contributed by atoms with E-state index in [2.05, 4.69) is 5.92 Å². The van der Waals surface area contributed by atoms with Gasteiger partial charge in [0.25, 0.3) is 0 Å². The van der Waals surface area contributed by atoms with Crippen molar-refractivity contribution in [2.24, 2.45) is 5.92 Å². The number of carbonyl (C=O) groups excluding carboxylic acids is 2. The second kappa shape index (κ2) is 4.83. The van der Waals surface area contributed by atoms with Crippen molar-refractivity contribution < 1.29 is 9.59 Å². The molecule has 0 spiro atoms. The van der Waals surface area contributed by atoms with E-state index in [1.165, 1.54) is 6.92 Å². The molecule has 1 heterocycles. The van der Waals surface area contributed by atoms with Crippen LogP contribution in [0, 0.1) is 18.3 Å². The topological polar surface area (TPSA) is 37.4 Å². The summed E-state index contributed by atoms with van der Waals surface area (Å²) in [5.74, 6) is 2.37. The fraction of sp³-hybridized carbons (Fsp3) is 0.286. The molecule has 1 aliphatic rings. The molecule has 1 fully saturated rings. The van der Waals surface area contributed by atoms with E-state index < -0.39 is 0 Å². The van der Waals surface area contributed by atoms with E-state index in [1.807, 2.05) is 0 Å². The molecule has 1 aliphatic heterocycles. The van der Waals surface area contributed by atoms with Gasteiger partial charge < -0.3 is 4.90 Å². The minimum absolute atomic E-state index is 0.0550. The number of nitrogens with zero attached hydrogens (tertiary/aromatic N) is 1. The van der Waals surface area contributed by atoms with Crippen LogP contribution in [0.1, 0.15) is 23.7 Å². The molecule has 1 saturated heterocycles. The molecule has 4 heteroatoms. The normalized spacial score (nSPS) is 18.8. The van der Waals surface area contributed by atoms with Crippen molar-refractivity contribution in [1.29, 1.82) is 0 Å². The van der Waals surface area contributed by atoms with E-state index >= 15 is 0 Å². The van der Waals surface area contributed by atoms with Gasteiger partial charge in [0.2, 0.25) is 5.91 Å². The smallest absolute Gasteiger partial charge is 0.228 e. The van der Waals surface area contributed by atoms with E-state index in [4.69, 9.17) is 18.0 Å². The van der Waals surface area contributed by atoms with E-state index in [1.54, 1.807) is 23.1 Å². The van der Waals surface area contributed by atoms with Gasteiger partial charge in [-0.3, -0.25) is 9.59 Å². The van der Waals surface area contributed by atoms with Crippen molar-refractivity contribution >= 4 is 29.0 Å². The highest BCUT2D eigenvalue weighted by Crippen LogP contribution is 2.32. The average molecular weight is 262 g/mol. The van der Waals surface area contributed by atoms with Crippen LogP contribution < -0.4 is 4.90 Å². The molecule has 1 aromatic carbocycles. The molecule has 1 amide bonds. The van der Waals surface area contributed by atoms with Gasteiger partial charge in [0.15, 0.2) is 5.78 Å². The molecule has 0 radical (unpaired) electrons. The minimum Gasteiger partial charge on any atom is -0.310 e. The summed E-state index contributed by atoms with van der Waals surface area (Å²) in [7, 11) is 0. The maximum atomic E-state index is 11.9. The van der Waals surface area contributed by atoms with Crippen molar-refractivity contribution in [3.63, 3.8) is 0 Å². The van der Waals surface area contributed by atoms with Crippen molar-refractivity contribution in [3.05, 3.63) is 28.8 Å². The Morgan fingerprint density at radius 1 is 1.56 bits per heavy atom. The molecule has 92 valence electrons. The summed E-state index contributed by atoms with van der Waals surface area (Å²) >= 11 is 6.08. The van der Waals surface area contributed by atoms with Crippen LogP contribution in [0.3, 0.4) is 0 Å². The molecule has 0 bridgehead atoms. The first-order valence-electron chi connectivity index (χ1n) is 5.60. The molecular weight excluding hydrogens is 250 g/mol. The van der Waals surface area contributed by atoms with Gasteiger partial charge in [0.05, 0.1) is 10.7 Å². The standard InChI is InChI=1S/C14H12ClNO2/c1-3-10-6-14(18)16(8-10)13-7-11(9(2)17)4-5-12(13)15/h1,4-5,7,10H,6,8H2,2H3. The van der Waals surface area contributed by atoms with Crippen LogP contribution in [-0.2, 0) is 4.79 Å². The second-order valence-corrected chi connectivity index (χ2v) is 4.70. The number of hydrogen-bond donors (Lipinski definition) is 0. The lowest BCUT2D eigenvalue weighted by molar-refractivity contribution is -0.117. The zero-order chi connectivity index (χ0) is 13.3. The van der Waals surface area contributed by atoms with E-state index in [0.717, 1.165) is 0 Å². The molecular formula is C14H12ClNO2. The third-order valence-corrected chi connectivity index (χ3v) is 3.32. The number of benzene rings is 1. The summed E-state index contributed by atoms with van der Waals surface area (Å²) in [5, 5.41) is 0.450. The Morgan fingerprint density at radius 3 is 2.83 bits per heavy atom. The predicted octanol–water partition coefficient (Wildman–Crippen LogP) is 2.53. The Balaban J connectivity index is 2.39. The summed E-state index contributed by atoms with van der Waals surface area (Å²) in [4.78, 5) is 24.8. The fourth-order valence-electron chi connectivity index (χ4n) is 1.99. The second-order valence-electron chi connectivity index (χ2n) is 4.29. The molecule has 3 nitrogen and oxygen atoms in total. The lowest BCUT2D eigenvalue weighted by Gasteiger charge is -2.18. The molecule has 0 aliphatic carbocycles. The Kier molecular flexibility index (Phi) is 3.40. The minimum atomic E-state index is -0.0884. The zero-order valence-corrected chi connectivity index (χ0v) is 10.7. The Morgan fingerprint density at radius 2 is 2.28 bits per heavy atom. The van der Waals surface area contributed by atoms with Gasteiger partial charge in [-0.25, -0.2) is 0 Å². The lowest BCUT2D eigenvalue weighted by Crippen LogP contribution is -2.25. The third-order valence-electron chi connectivity index (χ3n) is 3.00. The van der Waals surface area contributed by atoms with Gasteiger partial charge in [-0.05, 0) is 25.1 Å². The number of rotatable bonds is 2. The number of terminal acetylenes is 1. The largest absolute Gasteiger partial charge is 0.310 e. The zero-order valence-electron chi connectivity index (χ0n) is 9.94. The Labute approximate surface area is 111 Å².